The van der Waals surface area contributed by atoms with Gasteiger partial charge in [-0.15, -0.1) is 0 Å². The van der Waals surface area contributed by atoms with Gasteiger partial charge in [-0.3, -0.25) is 14.7 Å². The lowest BCUT2D eigenvalue weighted by atomic mass is 10.1. The molecular weight excluding hydrogens is 432 g/mol. The van der Waals surface area contributed by atoms with Gasteiger partial charge in [0.2, 0.25) is 17.7 Å². The van der Waals surface area contributed by atoms with E-state index in [1.54, 1.807) is 25.5 Å². The van der Waals surface area contributed by atoms with E-state index >= 15 is 0 Å². The zero-order valence-electron chi connectivity index (χ0n) is 19.2. The fourth-order valence-electron chi connectivity index (χ4n) is 3.41. The third-order valence-corrected chi connectivity index (χ3v) is 5.19. The molecule has 1 fully saturated rings. The molecule has 2 N–H and O–H groups in total. The van der Waals surface area contributed by atoms with Gasteiger partial charge >= 0.3 is 0 Å². The number of ether oxygens (including phenoxy) is 4. The predicted octanol–water partition coefficient (Wildman–Crippen LogP) is 1.41. The number of imidazole rings is 1. The first-order chi connectivity index (χ1) is 15.9. The van der Waals surface area contributed by atoms with E-state index in [1.807, 2.05) is 13.0 Å². The van der Waals surface area contributed by atoms with Crippen molar-refractivity contribution in [3.63, 3.8) is 0 Å². The summed E-state index contributed by atoms with van der Waals surface area (Å²) in [7, 11) is 1.57. The summed E-state index contributed by atoms with van der Waals surface area (Å²) in [4.78, 5) is 25.4. The summed E-state index contributed by atoms with van der Waals surface area (Å²) in [5.74, 6) is -0.370. The van der Waals surface area contributed by atoms with Crippen LogP contribution in [-0.2, 0) is 19.0 Å². The number of aromatic nitrogens is 4. The molecule has 1 unspecified atom stereocenters. The molecule has 0 aromatic carbocycles. The molecule has 0 radical (unpaired) electrons. The van der Waals surface area contributed by atoms with Gasteiger partial charge in [0.1, 0.15) is 18.8 Å². The number of carbonyl (C=O) groups excluding carboxylic acids is 1. The number of nitrogens with zero attached hydrogens (tertiary/aromatic N) is 5. The Morgan fingerprint density at radius 2 is 2.15 bits per heavy atom. The lowest BCUT2D eigenvalue weighted by molar-refractivity contribution is -0.118. The minimum Gasteiger partial charge on any atom is -0.475 e. The van der Waals surface area contributed by atoms with E-state index in [9.17, 15) is 9.90 Å². The summed E-state index contributed by atoms with van der Waals surface area (Å²) in [6, 6.07) is 2.01. The molecule has 3 rings (SSSR count). The van der Waals surface area contributed by atoms with Crippen LogP contribution in [-0.4, -0.2) is 75.8 Å². The Hall–Kier alpha value is -2.85. The molecular formula is C21H30N6O6. The van der Waals surface area contributed by atoms with Gasteiger partial charge in [-0.25, -0.2) is 4.98 Å². The number of amides is 1. The molecule has 12 heteroatoms. The quantitative estimate of drug-likeness (QED) is 0.469. The van der Waals surface area contributed by atoms with Crippen LogP contribution in [0.4, 0.5) is 5.95 Å². The Morgan fingerprint density at radius 1 is 1.36 bits per heavy atom. The first-order valence-electron chi connectivity index (χ1n) is 10.9. The van der Waals surface area contributed by atoms with Crippen molar-refractivity contribution in [3.8, 4) is 11.9 Å². The molecule has 12 nitrogen and oxygen atoms in total. The van der Waals surface area contributed by atoms with Crippen LogP contribution in [0.15, 0.2) is 6.33 Å². The molecule has 2 aromatic rings. The standard InChI is InChI=1S/C21H30N6O6/c1-5-13-15(28)16(31-10-9-30-4)20(33-13)27-11-23-14-17(27)24-21(25-18(29)12(2)3)26-19(14)32-8-6-7-22/h11-13,15-16,20,28H,5-6,8-10H2,1-4H3,(H,24,25,26,29)/t13-,15+,16?,20-/m1/s1. The average molecular weight is 463 g/mol. The molecule has 0 spiro atoms. The topological polar surface area (TPSA) is 154 Å². The van der Waals surface area contributed by atoms with Gasteiger partial charge in [0.15, 0.2) is 17.4 Å². The van der Waals surface area contributed by atoms with Gasteiger partial charge in [-0.1, -0.05) is 20.8 Å². The van der Waals surface area contributed by atoms with E-state index < -0.39 is 24.5 Å². The molecule has 33 heavy (non-hydrogen) atoms. The second kappa shape index (κ2) is 11.3. The molecule has 180 valence electrons. The SMILES string of the molecule is CC[C@H]1O[C@@H](n2cnc3c(OCCC#N)nc(NC(=O)C(C)C)nc32)C(OCCOC)[C@H]1O. The molecule has 1 amide bonds. The normalized spacial score (nSPS) is 22.6. The van der Waals surface area contributed by atoms with Crippen molar-refractivity contribution >= 4 is 23.0 Å². The maximum Gasteiger partial charge on any atom is 0.247 e. The molecule has 1 aliphatic heterocycles. The van der Waals surface area contributed by atoms with Crippen molar-refractivity contribution < 1.29 is 28.8 Å². The van der Waals surface area contributed by atoms with Crippen LogP contribution in [0.2, 0.25) is 0 Å². The van der Waals surface area contributed by atoms with Crippen LogP contribution in [0.25, 0.3) is 11.2 Å². The number of carbonyl (C=O) groups is 1. The van der Waals surface area contributed by atoms with Gasteiger partial charge in [-0.2, -0.15) is 15.2 Å². The van der Waals surface area contributed by atoms with Gasteiger partial charge < -0.3 is 24.1 Å². The first kappa shape index (κ1) is 24.8. The molecule has 0 aliphatic carbocycles. The zero-order valence-corrected chi connectivity index (χ0v) is 19.2. The van der Waals surface area contributed by atoms with Crippen LogP contribution >= 0.6 is 0 Å². The predicted molar refractivity (Wildman–Crippen MR) is 116 cm³/mol. The number of rotatable bonds is 11. The van der Waals surface area contributed by atoms with Crippen LogP contribution in [0.3, 0.4) is 0 Å². The summed E-state index contributed by atoms with van der Waals surface area (Å²) in [6.45, 7) is 6.16. The maximum absolute atomic E-state index is 12.2. The summed E-state index contributed by atoms with van der Waals surface area (Å²) < 4.78 is 24.3. The van der Waals surface area contributed by atoms with E-state index in [-0.39, 0.29) is 43.3 Å². The van der Waals surface area contributed by atoms with E-state index in [4.69, 9.17) is 24.2 Å². The lowest BCUT2D eigenvalue weighted by Gasteiger charge is -2.22. The van der Waals surface area contributed by atoms with Crippen LogP contribution in [0, 0.1) is 17.2 Å². The fourth-order valence-corrected chi connectivity index (χ4v) is 3.41. The number of aliphatic hydroxyl groups is 1. The molecule has 1 aliphatic rings. The number of aliphatic hydroxyl groups excluding tert-OH is 1. The van der Waals surface area contributed by atoms with E-state index in [2.05, 4.69) is 20.3 Å². The molecule has 3 heterocycles. The van der Waals surface area contributed by atoms with Crippen LogP contribution in [0.5, 0.6) is 5.88 Å². The van der Waals surface area contributed by atoms with Gasteiger partial charge in [0.25, 0.3) is 0 Å². The highest BCUT2D eigenvalue weighted by atomic mass is 16.6. The number of anilines is 1. The van der Waals surface area contributed by atoms with Crippen molar-refractivity contribution in [2.24, 2.45) is 5.92 Å². The molecule has 4 atom stereocenters. The van der Waals surface area contributed by atoms with Crippen molar-refractivity contribution in [2.45, 2.75) is 58.2 Å². The summed E-state index contributed by atoms with van der Waals surface area (Å²) >= 11 is 0. The zero-order chi connectivity index (χ0) is 24.0. The highest BCUT2D eigenvalue weighted by Crippen LogP contribution is 2.36. The number of hydrogen-bond donors (Lipinski definition) is 2. The smallest absolute Gasteiger partial charge is 0.247 e. The third-order valence-electron chi connectivity index (χ3n) is 5.19. The minimum absolute atomic E-state index is 0.0392. The monoisotopic (exact) mass is 462 g/mol. The Bertz CT molecular complexity index is 990. The number of methoxy groups -OCH3 is 1. The second-order valence-electron chi connectivity index (χ2n) is 7.87. The van der Waals surface area contributed by atoms with Crippen molar-refractivity contribution in [1.29, 1.82) is 5.26 Å². The van der Waals surface area contributed by atoms with E-state index in [0.29, 0.717) is 24.2 Å². The van der Waals surface area contributed by atoms with Crippen molar-refractivity contribution in [3.05, 3.63) is 6.33 Å². The van der Waals surface area contributed by atoms with E-state index in [0.717, 1.165) is 0 Å². The van der Waals surface area contributed by atoms with Crippen LogP contribution in [0.1, 0.15) is 39.8 Å². The number of nitrogens with one attached hydrogen (secondary N) is 1. The maximum atomic E-state index is 12.2. The largest absolute Gasteiger partial charge is 0.475 e. The summed E-state index contributed by atoms with van der Waals surface area (Å²) in [5.41, 5.74) is 0.675. The van der Waals surface area contributed by atoms with Gasteiger partial charge in [-0.05, 0) is 6.42 Å². The first-order valence-corrected chi connectivity index (χ1v) is 10.9. The van der Waals surface area contributed by atoms with Crippen LogP contribution < -0.4 is 10.1 Å². The van der Waals surface area contributed by atoms with Gasteiger partial charge in [0.05, 0.1) is 38.1 Å². The number of nitriles is 1. The summed E-state index contributed by atoms with van der Waals surface area (Å²) in [5, 5.41) is 22.2. The summed E-state index contributed by atoms with van der Waals surface area (Å²) in [6.07, 6.45) is -0.452. The van der Waals surface area contributed by atoms with E-state index in [1.165, 1.54) is 6.33 Å². The molecule has 0 bridgehead atoms. The molecule has 2 aromatic heterocycles. The Balaban J connectivity index is 2.01. The number of hydrogen-bond acceptors (Lipinski definition) is 10. The Morgan fingerprint density at radius 3 is 2.82 bits per heavy atom. The second-order valence-corrected chi connectivity index (χ2v) is 7.87. The van der Waals surface area contributed by atoms with Crippen molar-refractivity contribution in [1.82, 2.24) is 19.5 Å². The fraction of sp³-hybridized carbons (Fsp3) is 0.667. The minimum atomic E-state index is -0.859. The van der Waals surface area contributed by atoms with Crippen molar-refractivity contribution in [2.75, 3.05) is 32.2 Å². The highest BCUT2D eigenvalue weighted by Gasteiger charge is 2.45. The highest BCUT2D eigenvalue weighted by molar-refractivity contribution is 5.91. The molecule has 1 saturated heterocycles. The average Bonchev–Trinajstić information content (AvgIpc) is 3.35. The Labute approximate surface area is 191 Å². The number of fused-ring (bicyclic) bond motifs is 1. The molecule has 0 saturated carbocycles. The third kappa shape index (κ3) is 5.56. The lowest BCUT2D eigenvalue weighted by Crippen LogP contribution is -2.34. The van der Waals surface area contributed by atoms with Gasteiger partial charge in [0, 0.05) is 13.0 Å². The Kier molecular flexibility index (Phi) is 8.51.